The van der Waals surface area contributed by atoms with Gasteiger partial charge in [0.25, 0.3) is 0 Å². The first-order valence-corrected chi connectivity index (χ1v) is 11.1. The lowest BCUT2D eigenvalue weighted by molar-refractivity contribution is -0.119. The molecule has 2 heterocycles. The summed E-state index contributed by atoms with van der Waals surface area (Å²) in [6.07, 6.45) is 2.10. The number of aromatic nitrogens is 2. The average molecular weight is 447 g/mol. The van der Waals surface area contributed by atoms with Crippen LogP contribution in [0, 0.1) is 0 Å². The van der Waals surface area contributed by atoms with Crippen LogP contribution in [0.5, 0.6) is 5.75 Å². The van der Waals surface area contributed by atoms with Gasteiger partial charge in [0.1, 0.15) is 11.9 Å². The van der Waals surface area contributed by atoms with E-state index in [9.17, 15) is 9.59 Å². The summed E-state index contributed by atoms with van der Waals surface area (Å²) in [6, 6.07) is 14.0. The molecule has 2 aliphatic rings. The number of amides is 2. The minimum atomic E-state index is -0.402. The smallest absolute Gasteiger partial charge is 0.414 e. The lowest BCUT2D eigenvalue weighted by Gasteiger charge is -2.16. The Balaban J connectivity index is 1.48. The van der Waals surface area contributed by atoms with Crippen molar-refractivity contribution in [3.05, 3.63) is 53.6 Å². The first kappa shape index (κ1) is 21.1. The highest BCUT2D eigenvalue weighted by Crippen LogP contribution is 2.39. The molecule has 1 fully saturated rings. The van der Waals surface area contributed by atoms with E-state index >= 15 is 0 Å². The van der Waals surface area contributed by atoms with Gasteiger partial charge in [-0.05, 0) is 49.1 Å². The van der Waals surface area contributed by atoms with Crippen molar-refractivity contribution in [2.45, 2.75) is 32.3 Å². The van der Waals surface area contributed by atoms with Gasteiger partial charge in [0.05, 0.1) is 31.6 Å². The molecule has 2 aromatic carbocycles. The highest BCUT2D eigenvalue weighted by atomic mass is 16.6. The minimum absolute atomic E-state index is 0.145. The zero-order valence-corrected chi connectivity index (χ0v) is 18.7. The average Bonchev–Trinajstić information content (AvgIpc) is 3.36. The van der Waals surface area contributed by atoms with Gasteiger partial charge in [-0.15, -0.1) is 0 Å². The fourth-order valence-corrected chi connectivity index (χ4v) is 4.58. The van der Waals surface area contributed by atoms with Crippen LogP contribution in [0.1, 0.15) is 24.5 Å². The van der Waals surface area contributed by atoms with Crippen molar-refractivity contribution in [3.8, 4) is 28.3 Å². The maximum atomic E-state index is 12.5. The molecule has 2 amide bonds. The van der Waals surface area contributed by atoms with Crippen molar-refractivity contribution in [3.63, 3.8) is 0 Å². The normalized spacial score (nSPS) is 17.1. The quantitative estimate of drug-likeness (QED) is 0.623. The summed E-state index contributed by atoms with van der Waals surface area (Å²) in [4.78, 5) is 25.3. The van der Waals surface area contributed by atoms with E-state index in [-0.39, 0.29) is 12.0 Å². The number of benzene rings is 2. The summed E-state index contributed by atoms with van der Waals surface area (Å²) >= 11 is 0. The number of anilines is 1. The number of ether oxygens (including phenoxy) is 2. The van der Waals surface area contributed by atoms with Crippen LogP contribution in [0.4, 0.5) is 10.5 Å². The van der Waals surface area contributed by atoms with E-state index in [2.05, 4.69) is 21.6 Å². The number of hydrogen-bond donors (Lipinski definition) is 2. The SMILES string of the molecule is COc1cccc(-c2n[nH]c3c2CCCc2ccc(N4C[C@H](CNC(C)=O)OC4=O)cc2-3)c1. The van der Waals surface area contributed by atoms with E-state index in [0.717, 1.165) is 53.2 Å². The first-order valence-electron chi connectivity index (χ1n) is 11.1. The van der Waals surface area contributed by atoms with Gasteiger partial charge in [-0.1, -0.05) is 18.2 Å². The molecule has 170 valence electrons. The largest absolute Gasteiger partial charge is 0.497 e. The van der Waals surface area contributed by atoms with Gasteiger partial charge in [0.2, 0.25) is 5.91 Å². The zero-order chi connectivity index (χ0) is 22.9. The third-order valence-corrected chi connectivity index (χ3v) is 6.21. The van der Waals surface area contributed by atoms with Crippen LogP contribution in [-0.2, 0) is 22.4 Å². The van der Waals surface area contributed by atoms with Gasteiger partial charge in [0, 0.05) is 29.3 Å². The predicted molar refractivity (Wildman–Crippen MR) is 124 cm³/mol. The lowest BCUT2D eigenvalue weighted by Crippen LogP contribution is -2.33. The number of aromatic amines is 1. The number of carbonyl (C=O) groups is 2. The molecule has 2 N–H and O–H groups in total. The second-order valence-electron chi connectivity index (χ2n) is 8.41. The minimum Gasteiger partial charge on any atom is -0.497 e. The molecular formula is C25H26N4O4. The van der Waals surface area contributed by atoms with Crippen LogP contribution in [0.15, 0.2) is 42.5 Å². The van der Waals surface area contributed by atoms with Gasteiger partial charge in [-0.25, -0.2) is 4.79 Å². The van der Waals surface area contributed by atoms with E-state index < -0.39 is 6.09 Å². The number of methoxy groups -OCH3 is 1. The fourth-order valence-electron chi connectivity index (χ4n) is 4.58. The maximum Gasteiger partial charge on any atom is 0.414 e. The van der Waals surface area contributed by atoms with E-state index in [4.69, 9.17) is 9.47 Å². The molecule has 1 atom stereocenters. The summed E-state index contributed by atoms with van der Waals surface area (Å²) in [6.45, 7) is 2.14. The molecule has 1 aliphatic heterocycles. The lowest BCUT2D eigenvalue weighted by atomic mass is 9.99. The fraction of sp³-hybridized carbons (Fsp3) is 0.320. The Kier molecular flexibility index (Phi) is 5.50. The molecule has 0 spiro atoms. The van der Waals surface area contributed by atoms with E-state index in [0.29, 0.717) is 13.1 Å². The highest BCUT2D eigenvalue weighted by molar-refractivity contribution is 5.91. The van der Waals surface area contributed by atoms with Gasteiger partial charge in [0.15, 0.2) is 0 Å². The number of nitrogens with zero attached hydrogens (tertiary/aromatic N) is 2. The summed E-state index contributed by atoms with van der Waals surface area (Å²) in [5.74, 6) is 0.648. The number of carbonyl (C=O) groups excluding carboxylic acids is 2. The predicted octanol–water partition coefficient (Wildman–Crippen LogP) is 3.70. The molecule has 1 aromatic heterocycles. The second-order valence-corrected chi connectivity index (χ2v) is 8.41. The number of rotatable bonds is 5. The Hall–Kier alpha value is -3.81. The Labute approximate surface area is 191 Å². The number of fused-ring (bicyclic) bond motifs is 3. The van der Waals surface area contributed by atoms with Crippen LogP contribution in [0.25, 0.3) is 22.5 Å². The molecule has 33 heavy (non-hydrogen) atoms. The molecule has 8 heteroatoms. The Morgan fingerprint density at radius 1 is 1.27 bits per heavy atom. The summed E-state index contributed by atoms with van der Waals surface area (Å²) < 4.78 is 10.8. The molecular weight excluding hydrogens is 420 g/mol. The van der Waals surface area contributed by atoms with E-state index in [1.165, 1.54) is 18.1 Å². The highest BCUT2D eigenvalue weighted by Gasteiger charge is 2.33. The maximum absolute atomic E-state index is 12.5. The number of nitrogens with one attached hydrogen (secondary N) is 2. The topological polar surface area (TPSA) is 96.6 Å². The first-order chi connectivity index (χ1) is 16.0. The van der Waals surface area contributed by atoms with Crippen molar-refractivity contribution in [1.29, 1.82) is 0 Å². The number of hydrogen-bond acceptors (Lipinski definition) is 5. The van der Waals surface area contributed by atoms with Gasteiger partial charge in [-0.2, -0.15) is 5.10 Å². The monoisotopic (exact) mass is 446 g/mol. The molecule has 3 aromatic rings. The van der Waals surface area contributed by atoms with Crippen LogP contribution >= 0.6 is 0 Å². The summed E-state index contributed by atoms with van der Waals surface area (Å²) in [5.41, 5.74) is 7.15. The van der Waals surface area contributed by atoms with Gasteiger partial charge in [-0.3, -0.25) is 14.8 Å². The van der Waals surface area contributed by atoms with Gasteiger partial charge >= 0.3 is 6.09 Å². The zero-order valence-electron chi connectivity index (χ0n) is 18.7. The van der Waals surface area contributed by atoms with Crippen molar-refractivity contribution < 1.29 is 19.1 Å². The Morgan fingerprint density at radius 2 is 2.15 bits per heavy atom. The van der Waals surface area contributed by atoms with E-state index in [1.807, 2.05) is 36.4 Å². The standard InChI is InChI=1S/C25H26N4O4/c1-15(30)26-13-20-14-29(25(31)33-20)18-10-9-16-5-4-8-21-23(27-28-24(21)22(16)12-18)17-6-3-7-19(11-17)32-2/h3,6-7,9-12,20H,4-5,8,13-14H2,1-2H3,(H,26,30)(H,27,28)/t20-/m0/s1. The molecule has 0 bridgehead atoms. The second kappa shape index (κ2) is 8.61. The molecule has 0 radical (unpaired) electrons. The van der Waals surface area contributed by atoms with Crippen molar-refractivity contribution in [2.24, 2.45) is 0 Å². The molecule has 1 saturated heterocycles. The van der Waals surface area contributed by atoms with Crippen LogP contribution in [-0.4, -0.2) is 48.5 Å². The molecule has 1 aliphatic carbocycles. The molecule has 0 saturated carbocycles. The summed E-state index contributed by atoms with van der Waals surface area (Å²) in [5, 5.41) is 10.6. The van der Waals surface area contributed by atoms with E-state index in [1.54, 1.807) is 12.0 Å². The van der Waals surface area contributed by atoms with Crippen molar-refractivity contribution >= 4 is 17.7 Å². The molecule has 8 nitrogen and oxygen atoms in total. The molecule has 0 unspecified atom stereocenters. The number of cyclic esters (lactones) is 1. The summed E-state index contributed by atoms with van der Waals surface area (Å²) in [7, 11) is 1.66. The molecule has 5 rings (SSSR count). The Bertz CT molecular complexity index is 1220. The van der Waals surface area contributed by atoms with Crippen molar-refractivity contribution in [2.75, 3.05) is 25.1 Å². The van der Waals surface area contributed by atoms with Crippen LogP contribution in [0.2, 0.25) is 0 Å². The van der Waals surface area contributed by atoms with Crippen LogP contribution < -0.4 is 15.0 Å². The third kappa shape index (κ3) is 4.04. The Morgan fingerprint density at radius 3 is 2.97 bits per heavy atom. The number of aryl methyl sites for hydroxylation is 1. The van der Waals surface area contributed by atoms with Crippen LogP contribution in [0.3, 0.4) is 0 Å². The third-order valence-electron chi connectivity index (χ3n) is 6.21. The van der Waals surface area contributed by atoms with Crippen molar-refractivity contribution in [1.82, 2.24) is 15.5 Å². The van der Waals surface area contributed by atoms with Gasteiger partial charge < -0.3 is 14.8 Å². The number of H-pyrrole nitrogens is 1.